The number of aromatic nitrogens is 2. The van der Waals surface area contributed by atoms with Gasteiger partial charge in [-0.2, -0.15) is 4.98 Å². The molecule has 0 saturated heterocycles. The summed E-state index contributed by atoms with van der Waals surface area (Å²) in [5, 5.41) is 4.04. The van der Waals surface area contributed by atoms with Crippen molar-refractivity contribution in [3.8, 4) is 11.5 Å². The van der Waals surface area contributed by atoms with Crippen LogP contribution in [0.3, 0.4) is 0 Å². The van der Waals surface area contributed by atoms with Gasteiger partial charge in [0.2, 0.25) is 0 Å². The first kappa shape index (κ1) is 14.7. The molecule has 1 heterocycles. The summed E-state index contributed by atoms with van der Waals surface area (Å²) in [6.45, 7) is 0. The van der Waals surface area contributed by atoms with Gasteiger partial charge in [-0.15, -0.1) is 0 Å². The van der Waals surface area contributed by atoms with E-state index in [0.29, 0.717) is 21.8 Å². The van der Waals surface area contributed by atoms with Crippen LogP contribution in [0.2, 0.25) is 0 Å². The number of rotatable bonds is 2. The summed E-state index contributed by atoms with van der Waals surface area (Å²) in [6, 6.07) is 4.51. The third-order valence-electron chi connectivity index (χ3n) is 3.98. The molecule has 0 radical (unpaired) electrons. The van der Waals surface area contributed by atoms with Gasteiger partial charge in [-0.3, -0.25) is 0 Å². The molecule has 1 aliphatic carbocycles. The van der Waals surface area contributed by atoms with E-state index in [9.17, 15) is 4.39 Å². The molecule has 2 aromatic rings. The van der Waals surface area contributed by atoms with Crippen LogP contribution >= 0.6 is 15.9 Å². The van der Waals surface area contributed by atoms with Gasteiger partial charge in [-0.25, -0.2) is 4.39 Å². The summed E-state index contributed by atoms with van der Waals surface area (Å²) in [5.74, 6) is 0.482. The second-order valence-corrected chi connectivity index (χ2v) is 6.57. The Morgan fingerprint density at radius 2 is 1.86 bits per heavy atom. The first-order chi connectivity index (χ1) is 10.1. The minimum absolute atomic E-state index is 0.305. The van der Waals surface area contributed by atoms with Crippen LogP contribution in [0.1, 0.15) is 44.3 Å². The van der Waals surface area contributed by atoms with Gasteiger partial charge in [0.1, 0.15) is 5.82 Å². The number of halogens is 2. The lowest BCUT2D eigenvalue weighted by molar-refractivity contribution is 0.334. The Hall–Kier alpha value is -1.27. The highest BCUT2D eigenvalue weighted by Gasteiger charge is 2.33. The number of benzene rings is 1. The smallest absolute Gasteiger partial charge is 0.258 e. The maximum Gasteiger partial charge on any atom is 0.258 e. The topological polar surface area (TPSA) is 64.9 Å². The highest BCUT2D eigenvalue weighted by Crippen LogP contribution is 2.33. The van der Waals surface area contributed by atoms with Gasteiger partial charge in [0.15, 0.2) is 5.82 Å². The van der Waals surface area contributed by atoms with Crippen molar-refractivity contribution in [3.05, 3.63) is 34.3 Å². The molecular formula is C15H17BrFN3O. The van der Waals surface area contributed by atoms with Crippen LogP contribution < -0.4 is 5.73 Å². The first-order valence-corrected chi connectivity index (χ1v) is 7.96. The Morgan fingerprint density at radius 1 is 1.14 bits per heavy atom. The second-order valence-electron chi connectivity index (χ2n) is 5.65. The number of hydrogen-bond donors (Lipinski definition) is 1. The third kappa shape index (κ3) is 3.16. The lowest BCUT2D eigenvalue weighted by Crippen LogP contribution is -2.37. The standard InChI is InChI=1S/C15H17BrFN3O/c16-11-7-10(8-12(17)9-11)13-19-14(20-21-13)15(18)5-3-1-2-4-6-15/h7-9H,1-6,18H2. The zero-order chi connectivity index (χ0) is 14.9. The van der Waals surface area contributed by atoms with E-state index in [0.717, 1.165) is 25.7 Å². The maximum absolute atomic E-state index is 13.5. The average molecular weight is 354 g/mol. The molecule has 3 rings (SSSR count). The fraction of sp³-hybridized carbons (Fsp3) is 0.467. The number of hydrogen-bond acceptors (Lipinski definition) is 4. The van der Waals surface area contributed by atoms with Crippen molar-refractivity contribution >= 4 is 15.9 Å². The molecule has 112 valence electrons. The lowest BCUT2D eigenvalue weighted by atomic mass is 9.91. The van der Waals surface area contributed by atoms with Gasteiger partial charge >= 0.3 is 0 Å². The SMILES string of the molecule is NC1(c2noc(-c3cc(F)cc(Br)c3)n2)CCCCCC1. The van der Waals surface area contributed by atoms with Gasteiger partial charge in [-0.05, 0) is 31.0 Å². The summed E-state index contributed by atoms with van der Waals surface area (Å²) >= 11 is 3.26. The normalized spacial score (nSPS) is 18.4. The van der Waals surface area contributed by atoms with Gasteiger partial charge in [0.25, 0.3) is 5.89 Å². The summed E-state index contributed by atoms with van der Waals surface area (Å²) in [7, 11) is 0. The van der Waals surface area contributed by atoms with Gasteiger partial charge < -0.3 is 10.3 Å². The molecular weight excluding hydrogens is 337 g/mol. The van der Waals surface area contributed by atoms with E-state index >= 15 is 0 Å². The Kier molecular flexibility index (Phi) is 4.08. The molecule has 1 fully saturated rings. The fourth-order valence-electron chi connectivity index (χ4n) is 2.80. The minimum atomic E-state index is -0.525. The first-order valence-electron chi connectivity index (χ1n) is 7.16. The van der Waals surface area contributed by atoms with Crippen LogP contribution in [0, 0.1) is 5.82 Å². The average Bonchev–Trinajstić information content (AvgIpc) is 2.83. The highest BCUT2D eigenvalue weighted by atomic mass is 79.9. The van der Waals surface area contributed by atoms with Crippen LogP contribution in [0.4, 0.5) is 4.39 Å². The molecule has 6 heteroatoms. The molecule has 4 nitrogen and oxygen atoms in total. The van der Waals surface area contributed by atoms with Crippen molar-refractivity contribution in [1.82, 2.24) is 10.1 Å². The number of nitrogens with two attached hydrogens (primary N) is 1. The van der Waals surface area contributed by atoms with Crippen LogP contribution in [0.25, 0.3) is 11.5 Å². The van der Waals surface area contributed by atoms with Crippen LogP contribution in [-0.4, -0.2) is 10.1 Å². The van der Waals surface area contributed by atoms with Gasteiger partial charge in [0, 0.05) is 10.0 Å². The van der Waals surface area contributed by atoms with E-state index in [4.69, 9.17) is 10.3 Å². The fourth-order valence-corrected chi connectivity index (χ4v) is 3.27. The molecule has 0 spiro atoms. The Morgan fingerprint density at radius 3 is 2.52 bits per heavy atom. The molecule has 0 unspecified atom stereocenters. The molecule has 2 N–H and O–H groups in total. The van der Waals surface area contributed by atoms with Gasteiger partial charge in [-0.1, -0.05) is 46.8 Å². The van der Waals surface area contributed by atoms with Gasteiger partial charge in [0.05, 0.1) is 5.54 Å². The zero-order valence-corrected chi connectivity index (χ0v) is 13.2. The molecule has 0 aliphatic heterocycles. The Labute approximate surface area is 131 Å². The molecule has 0 bridgehead atoms. The van der Waals surface area contributed by atoms with Crippen LogP contribution in [-0.2, 0) is 5.54 Å². The van der Waals surface area contributed by atoms with Crippen molar-refractivity contribution in [3.63, 3.8) is 0 Å². The molecule has 0 atom stereocenters. The molecule has 1 aliphatic rings. The summed E-state index contributed by atoms with van der Waals surface area (Å²) in [6.07, 6.45) is 6.26. The Balaban J connectivity index is 1.92. The molecule has 1 aromatic carbocycles. The van der Waals surface area contributed by atoms with E-state index in [-0.39, 0.29) is 5.82 Å². The van der Waals surface area contributed by atoms with Crippen molar-refractivity contribution in [2.75, 3.05) is 0 Å². The molecule has 1 saturated carbocycles. The van der Waals surface area contributed by atoms with Crippen LogP contribution in [0.15, 0.2) is 27.2 Å². The maximum atomic E-state index is 13.5. The van der Waals surface area contributed by atoms with Crippen LogP contribution in [0.5, 0.6) is 0 Å². The number of nitrogens with zero attached hydrogens (tertiary/aromatic N) is 2. The van der Waals surface area contributed by atoms with Crippen molar-refractivity contribution in [2.45, 2.75) is 44.1 Å². The van der Waals surface area contributed by atoms with Crippen molar-refractivity contribution in [1.29, 1.82) is 0 Å². The van der Waals surface area contributed by atoms with Crippen molar-refractivity contribution < 1.29 is 8.91 Å². The third-order valence-corrected chi connectivity index (χ3v) is 4.43. The molecule has 0 amide bonds. The predicted octanol–water partition coefficient (Wildman–Crippen LogP) is 4.15. The summed E-state index contributed by atoms with van der Waals surface area (Å²) in [4.78, 5) is 4.41. The quantitative estimate of drug-likeness (QED) is 0.823. The van der Waals surface area contributed by atoms with E-state index in [1.165, 1.54) is 25.0 Å². The second kappa shape index (κ2) is 5.85. The zero-order valence-electron chi connectivity index (χ0n) is 11.6. The van der Waals surface area contributed by atoms with E-state index in [1.807, 2.05) is 0 Å². The predicted molar refractivity (Wildman–Crippen MR) is 81.0 cm³/mol. The lowest BCUT2D eigenvalue weighted by Gasteiger charge is -2.23. The Bertz CT molecular complexity index is 615. The minimum Gasteiger partial charge on any atom is -0.334 e. The molecule has 1 aromatic heterocycles. The summed E-state index contributed by atoms with van der Waals surface area (Å²) in [5.41, 5.74) is 6.49. The summed E-state index contributed by atoms with van der Waals surface area (Å²) < 4.78 is 19.4. The van der Waals surface area contributed by atoms with Crippen molar-refractivity contribution in [2.24, 2.45) is 5.73 Å². The largest absolute Gasteiger partial charge is 0.334 e. The van der Waals surface area contributed by atoms with E-state index < -0.39 is 5.54 Å². The molecule has 21 heavy (non-hydrogen) atoms. The highest BCUT2D eigenvalue weighted by molar-refractivity contribution is 9.10. The van der Waals surface area contributed by atoms with E-state index in [1.54, 1.807) is 6.07 Å². The monoisotopic (exact) mass is 353 g/mol. The van der Waals surface area contributed by atoms with E-state index in [2.05, 4.69) is 26.1 Å².